The predicted molar refractivity (Wildman–Crippen MR) is 125 cm³/mol. The van der Waals surface area contributed by atoms with Gasteiger partial charge in [-0.1, -0.05) is 32.0 Å². The smallest absolute Gasteiger partial charge is 0.275 e. The second kappa shape index (κ2) is 8.64. The van der Waals surface area contributed by atoms with E-state index in [0.717, 1.165) is 17.0 Å². The number of hydrogen-bond donors (Lipinski definition) is 0. The highest BCUT2D eigenvalue weighted by atomic mass is 16.5. The number of aryl methyl sites for hydroxylation is 1. The second-order valence-corrected chi connectivity index (χ2v) is 9.56. The summed E-state index contributed by atoms with van der Waals surface area (Å²) in [6, 6.07) is 7.39. The van der Waals surface area contributed by atoms with E-state index in [9.17, 15) is 4.79 Å². The van der Waals surface area contributed by atoms with Gasteiger partial charge in [-0.3, -0.25) is 9.78 Å². The largest absolute Gasteiger partial charge is 0.491 e. The predicted octanol–water partition coefficient (Wildman–Crippen LogP) is 3.00. The summed E-state index contributed by atoms with van der Waals surface area (Å²) >= 11 is 0. The van der Waals surface area contributed by atoms with Crippen molar-refractivity contribution < 1.29 is 18.8 Å². The van der Waals surface area contributed by atoms with Gasteiger partial charge in [0.15, 0.2) is 17.1 Å². The first kappa shape index (κ1) is 22.8. The highest BCUT2D eigenvalue weighted by Gasteiger charge is 2.30. The van der Waals surface area contributed by atoms with Gasteiger partial charge in [-0.15, -0.1) is 15.3 Å². The lowest BCUT2D eigenvalue weighted by Gasteiger charge is -2.33. The molecular formula is C24H27N7O4. The molecule has 0 unspecified atom stereocenters. The third kappa shape index (κ3) is 4.41. The Morgan fingerprint density at radius 2 is 2.03 bits per heavy atom. The van der Waals surface area contributed by atoms with Crippen molar-refractivity contribution in [2.24, 2.45) is 5.41 Å². The van der Waals surface area contributed by atoms with Crippen molar-refractivity contribution in [3.8, 4) is 23.1 Å². The van der Waals surface area contributed by atoms with Crippen LogP contribution in [0.3, 0.4) is 0 Å². The Morgan fingerprint density at radius 3 is 2.74 bits per heavy atom. The molecule has 0 saturated carbocycles. The van der Waals surface area contributed by atoms with E-state index in [2.05, 4.69) is 20.5 Å². The van der Waals surface area contributed by atoms with Crippen LogP contribution in [-0.2, 0) is 24.4 Å². The SMILES string of the molecule is COc1cc2nnc(-c3cc(C)on3)n2nc1OCc1ccc2c(n1)CCN(C(=O)C(C)(C)C)C2. The maximum atomic E-state index is 12.7. The van der Waals surface area contributed by atoms with Crippen molar-refractivity contribution in [1.29, 1.82) is 0 Å². The van der Waals surface area contributed by atoms with Crippen LogP contribution in [0.5, 0.6) is 11.6 Å². The van der Waals surface area contributed by atoms with Crippen LogP contribution in [0.2, 0.25) is 0 Å². The molecule has 4 aromatic heterocycles. The molecule has 35 heavy (non-hydrogen) atoms. The number of carbonyl (C=O) groups excluding carboxylic acids is 1. The van der Waals surface area contributed by atoms with E-state index >= 15 is 0 Å². The van der Waals surface area contributed by atoms with Gasteiger partial charge in [-0.25, -0.2) is 0 Å². The van der Waals surface area contributed by atoms with Gasteiger partial charge in [0.05, 0.1) is 12.8 Å². The third-order valence-electron chi connectivity index (χ3n) is 5.80. The van der Waals surface area contributed by atoms with Gasteiger partial charge in [0.2, 0.25) is 11.7 Å². The normalized spacial score (nSPS) is 13.7. The Bertz CT molecular complexity index is 1400. The van der Waals surface area contributed by atoms with Gasteiger partial charge < -0.3 is 18.9 Å². The maximum absolute atomic E-state index is 12.7. The van der Waals surface area contributed by atoms with Gasteiger partial charge in [-0.2, -0.15) is 4.52 Å². The van der Waals surface area contributed by atoms with Crippen LogP contribution in [0.4, 0.5) is 0 Å². The number of hydrogen-bond acceptors (Lipinski definition) is 9. The molecule has 11 heteroatoms. The molecule has 5 rings (SSSR count). The summed E-state index contributed by atoms with van der Waals surface area (Å²) in [7, 11) is 1.54. The van der Waals surface area contributed by atoms with Gasteiger partial charge in [0.25, 0.3) is 5.88 Å². The van der Waals surface area contributed by atoms with E-state index in [1.54, 1.807) is 26.2 Å². The molecule has 4 aromatic rings. The van der Waals surface area contributed by atoms with Crippen molar-refractivity contribution in [3.63, 3.8) is 0 Å². The Hall–Kier alpha value is -4.02. The summed E-state index contributed by atoms with van der Waals surface area (Å²) in [6.45, 7) is 9.06. The van der Waals surface area contributed by atoms with Crippen LogP contribution in [0.25, 0.3) is 17.2 Å². The summed E-state index contributed by atoms with van der Waals surface area (Å²) < 4.78 is 18.1. The van der Waals surface area contributed by atoms with Crippen LogP contribution in [0.15, 0.2) is 28.8 Å². The number of aromatic nitrogens is 6. The fourth-order valence-corrected chi connectivity index (χ4v) is 4.01. The Labute approximate surface area is 202 Å². The number of fused-ring (bicyclic) bond motifs is 2. The quantitative estimate of drug-likeness (QED) is 0.427. The molecule has 1 aliphatic rings. The minimum absolute atomic E-state index is 0.151. The summed E-state index contributed by atoms with van der Waals surface area (Å²) in [6.07, 6.45) is 0.708. The molecule has 1 aliphatic heterocycles. The van der Waals surface area contributed by atoms with Crippen LogP contribution in [0.1, 0.15) is 43.5 Å². The zero-order valence-electron chi connectivity index (χ0n) is 20.4. The van der Waals surface area contributed by atoms with Crippen molar-refractivity contribution >= 4 is 11.6 Å². The highest BCUT2D eigenvalue weighted by Crippen LogP contribution is 2.29. The summed E-state index contributed by atoms with van der Waals surface area (Å²) in [5.41, 5.74) is 3.43. The summed E-state index contributed by atoms with van der Waals surface area (Å²) in [4.78, 5) is 19.3. The summed E-state index contributed by atoms with van der Waals surface area (Å²) in [5, 5.41) is 16.9. The number of carbonyl (C=O) groups is 1. The molecule has 0 saturated heterocycles. The fraction of sp³-hybridized carbons (Fsp3) is 0.417. The number of nitrogens with zero attached hydrogens (tertiary/aromatic N) is 7. The molecule has 0 bridgehead atoms. The van der Waals surface area contributed by atoms with E-state index < -0.39 is 5.41 Å². The molecule has 182 valence electrons. The molecule has 11 nitrogen and oxygen atoms in total. The maximum Gasteiger partial charge on any atom is 0.275 e. The van der Waals surface area contributed by atoms with Crippen molar-refractivity contribution in [2.75, 3.05) is 13.7 Å². The minimum Gasteiger partial charge on any atom is -0.491 e. The average molecular weight is 478 g/mol. The van der Waals surface area contributed by atoms with Gasteiger partial charge >= 0.3 is 0 Å². The fourth-order valence-electron chi connectivity index (χ4n) is 4.01. The number of amides is 1. The molecule has 0 atom stereocenters. The van der Waals surface area contributed by atoms with Gasteiger partial charge in [0.1, 0.15) is 12.4 Å². The van der Waals surface area contributed by atoms with E-state index in [0.29, 0.717) is 48.2 Å². The molecule has 0 aliphatic carbocycles. The number of pyridine rings is 1. The summed E-state index contributed by atoms with van der Waals surface area (Å²) in [5.74, 6) is 1.96. The molecule has 0 aromatic carbocycles. The minimum atomic E-state index is -0.400. The van der Waals surface area contributed by atoms with E-state index in [-0.39, 0.29) is 18.4 Å². The van der Waals surface area contributed by atoms with E-state index in [1.807, 2.05) is 37.8 Å². The lowest BCUT2D eigenvalue weighted by atomic mass is 9.93. The standard InChI is InChI=1S/C24H27N7O4/c1-14-10-18(29-35-14)21-27-26-20-11-19(33-5)22(28-31(20)21)34-13-16-7-6-15-12-30(9-8-17(15)25-16)23(32)24(2,3)4/h6-7,10-11H,8-9,12-13H2,1-5H3. The molecule has 0 fully saturated rings. The van der Waals surface area contributed by atoms with Gasteiger partial charge in [-0.05, 0) is 18.6 Å². The topological polar surface area (TPSA) is 121 Å². The lowest BCUT2D eigenvalue weighted by molar-refractivity contribution is -0.140. The molecular weight excluding hydrogens is 450 g/mol. The van der Waals surface area contributed by atoms with E-state index in [1.165, 1.54) is 4.52 Å². The first-order chi connectivity index (χ1) is 16.7. The average Bonchev–Trinajstić information content (AvgIpc) is 3.45. The van der Waals surface area contributed by atoms with Crippen molar-refractivity contribution in [1.82, 2.24) is 34.9 Å². The number of rotatable bonds is 5. The van der Waals surface area contributed by atoms with Crippen LogP contribution >= 0.6 is 0 Å². The molecule has 1 amide bonds. The van der Waals surface area contributed by atoms with Crippen molar-refractivity contribution in [3.05, 3.63) is 47.0 Å². The molecule has 5 heterocycles. The third-order valence-corrected chi connectivity index (χ3v) is 5.80. The first-order valence-corrected chi connectivity index (χ1v) is 11.4. The Kier molecular flexibility index (Phi) is 5.62. The zero-order chi connectivity index (χ0) is 24.7. The number of ether oxygens (including phenoxy) is 2. The lowest BCUT2D eigenvalue weighted by Crippen LogP contribution is -2.42. The molecule has 0 N–H and O–H groups in total. The second-order valence-electron chi connectivity index (χ2n) is 9.56. The molecule has 0 radical (unpaired) electrons. The van der Waals surface area contributed by atoms with Crippen molar-refractivity contribution in [2.45, 2.75) is 47.3 Å². The number of methoxy groups -OCH3 is 1. The van der Waals surface area contributed by atoms with Gasteiger partial charge in [0, 0.05) is 42.8 Å². The highest BCUT2D eigenvalue weighted by molar-refractivity contribution is 5.81. The zero-order valence-corrected chi connectivity index (χ0v) is 20.4. The van der Waals surface area contributed by atoms with Crippen LogP contribution < -0.4 is 9.47 Å². The Morgan fingerprint density at radius 1 is 1.20 bits per heavy atom. The first-order valence-electron chi connectivity index (χ1n) is 11.4. The molecule has 0 spiro atoms. The van der Waals surface area contributed by atoms with Crippen LogP contribution in [-0.4, -0.2) is 54.4 Å². The van der Waals surface area contributed by atoms with Crippen LogP contribution in [0, 0.1) is 12.3 Å². The monoisotopic (exact) mass is 477 g/mol. The Balaban J connectivity index is 1.35. The van der Waals surface area contributed by atoms with E-state index in [4.69, 9.17) is 19.0 Å².